The first kappa shape index (κ1) is 13.6. The Labute approximate surface area is 110 Å². The molecular weight excluding hydrogens is 251 g/mol. The van der Waals surface area contributed by atoms with E-state index in [0.717, 1.165) is 12.1 Å². The van der Waals surface area contributed by atoms with Gasteiger partial charge in [0.05, 0.1) is 0 Å². The summed E-state index contributed by atoms with van der Waals surface area (Å²) in [5.41, 5.74) is 1.12. The van der Waals surface area contributed by atoms with Gasteiger partial charge in [-0.2, -0.15) is 0 Å². The normalized spacial score (nSPS) is 12.4. The molecule has 100 valence electrons. The topological polar surface area (TPSA) is 12.0 Å². The first-order valence-electron chi connectivity index (χ1n) is 5.97. The zero-order valence-electron chi connectivity index (χ0n) is 10.5. The second-order valence-electron chi connectivity index (χ2n) is 4.32. The van der Waals surface area contributed by atoms with Crippen LogP contribution in [0.3, 0.4) is 0 Å². The van der Waals surface area contributed by atoms with Crippen molar-refractivity contribution in [1.82, 2.24) is 5.32 Å². The maximum absolute atomic E-state index is 13.7. The minimum atomic E-state index is -0.888. The zero-order chi connectivity index (χ0) is 13.8. The molecule has 0 aliphatic carbocycles. The second kappa shape index (κ2) is 5.89. The fourth-order valence-electron chi connectivity index (χ4n) is 2.03. The Bertz CT molecular complexity index is 569. The number of likely N-dealkylation sites (N-methyl/N-ethyl adjacent to an activating group) is 1. The van der Waals surface area contributed by atoms with Crippen LogP contribution in [0.1, 0.15) is 17.2 Å². The third-order valence-corrected chi connectivity index (χ3v) is 3.05. The lowest BCUT2D eigenvalue weighted by Gasteiger charge is -2.17. The monoisotopic (exact) mass is 265 g/mol. The summed E-state index contributed by atoms with van der Waals surface area (Å²) in [7, 11) is 1.71. The van der Waals surface area contributed by atoms with Gasteiger partial charge in [0.15, 0.2) is 11.6 Å². The van der Waals surface area contributed by atoms with E-state index in [1.54, 1.807) is 25.2 Å². The zero-order valence-corrected chi connectivity index (χ0v) is 10.5. The summed E-state index contributed by atoms with van der Waals surface area (Å²) in [5, 5.41) is 2.99. The van der Waals surface area contributed by atoms with Crippen LogP contribution in [0.2, 0.25) is 0 Å². The highest BCUT2D eigenvalue weighted by molar-refractivity contribution is 5.25. The van der Waals surface area contributed by atoms with Gasteiger partial charge in [0, 0.05) is 11.6 Å². The third-order valence-electron chi connectivity index (χ3n) is 3.05. The molecule has 0 spiro atoms. The van der Waals surface area contributed by atoms with E-state index in [4.69, 9.17) is 0 Å². The number of rotatable bonds is 4. The summed E-state index contributed by atoms with van der Waals surface area (Å²) < 4.78 is 39.7. The molecular formula is C15H14F3N. The van der Waals surface area contributed by atoms with E-state index in [0.29, 0.717) is 17.5 Å². The van der Waals surface area contributed by atoms with Crippen molar-refractivity contribution < 1.29 is 13.2 Å². The Morgan fingerprint density at radius 1 is 0.947 bits per heavy atom. The van der Waals surface area contributed by atoms with Crippen LogP contribution in [0.5, 0.6) is 0 Å². The van der Waals surface area contributed by atoms with Crippen molar-refractivity contribution in [3.05, 3.63) is 71.0 Å². The van der Waals surface area contributed by atoms with Crippen molar-refractivity contribution >= 4 is 0 Å². The highest BCUT2D eigenvalue weighted by Crippen LogP contribution is 2.21. The van der Waals surface area contributed by atoms with E-state index in [2.05, 4.69) is 5.32 Å². The van der Waals surface area contributed by atoms with Crippen molar-refractivity contribution in [3.8, 4) is 0 Å². The minimum Gasteiger partial charge on any atom is -0.313 e. The van der Waals surface area contributed by atoms with Crippen molar-refractivity contribution in [3.63, 3.8) is 0 Å². The summed E-state index contributed by atoms with van der Waals surface area (Å²) in [6.45, 7) is 0. The highest BCUT2D eigenvalue weighted by atomic mass is 19.2. The van der Waals surface area contributed by atoms with Crippen LogP contribution >= 0.6 is 0 Å². The quantitative estimate of drug-likeness (QED) is 0.890. The average Bonchev–Trinajstić information content (AvgIpc) is 2.41. The van der Waals surface area contributed by atoms with Gasteiger partial charge in [0.25, 0.3) is 0 Å². The predicted octanol–water partition coefficient (Wildman–Crippen LogP) is 3.61. The molecule has 0 bridgehead atoms. The average molecular weight is 265 g/mol. The molecule has 1 unspecified atom stereocenters. The van der Waals surface area contributed by atoms with Gasteiger partial charge in [-0.25, -0.2) is 13.2 Å². The first-order chi connectivity index (χ1) is 9.11. The molecule has 0 aliphatic rings. The van der Waals surface area contributed by atoms with Gasteiger partial charge < -0.3 is 5.32 Å². The molecule has 2 aromatic rings. The van der Waals surface area contributed by atoms with E-state index >= 15 is 0 Å². The fourth-order valence-corrected chi connectivity index (χ4v) is 2.03. The molecule has 4 heteroatoms. The lowest BCUT2D eigenvalue weighted by atomic mass is 9.98. The fraction of sp³-hybridized carbons (Fsp3) is 0.200. The number of hydrogen-bond acceptors (Lipinski definition) is 1. The van der Waals surface area contributed by atoms with E-state index in [-0.39, 0.29) is 11.9 Å². The summed E-state index contributed by atoms with van der Waals surface area (Å²) in [4.78, 5) is 0. The Morgan fingerprint density at radius 3 is 2.32 bits per heavy atom. The van der Waals surface area contributed by atoms with E-state index in [1.807, 2.05) is 0 Å². The Hall–Kier alpha value is -1.81. The van der Waals surface area contributed by atoms with Crippen LogP contribution in [0.15, 0.2) is 42.5 Å². The van der Waals surface area contributed by atoms with Crippen LogP contribution < -0.4 is 5.32 Å². The van der Waals surface area contributed by atoms with Crippen molar-refractivity contribution in [2.24, 2.45) is 0 Å². The van der Waals surface area contributed by atoms with Gasteiger partial charge in [-0.1, -0.05) is 24.3 Å². The maximum atomic E-state index is 13.7. The molecule has 0 saturated carbocycles. The highest BCUT2D eigenvalue weighted by Gasteiger charge is 2.15. The summed E-state index contributed by atoms with van der Waals surface area (Å²) >= 11 is 0. The summed E-state index contributed by atoms with van der Waals surface area (Å²) in [6.07, 6.45) is 0.384. The first-order valence-corrected chi connectivity index (χ1v) is 5.97. The van der Waals surface area contributed by atoms with Gasteiger partial charge in [-0.3, -0.25) is 0 Å². The molecule has 1 nitrogen and oxygen atoms in total. The smallest absolute Gasteiger partial charge is 0.159 e. The molecule has 0 amide bonds. The van der Waals surface area contributed by atoms with Crippen molar-refractivity contribution in [1.29, 1.82) is 0 Å². The van der Waals surface area contributed by atoms with Gasteiger partial charge in [-0.05, 0) is 37.2 Å². The van der Waals surface area contributed by atoms with Crippen molar-refractivity contribution in [2.45, 2.75) is 12.5 Å². The van der Waals surface area contributed by atoms with Gasteiger partial charge in [0.1, 0.15) is 5.82 Å². The van der Waals surface area contributed by atoms with Crippen LogP contribution in [0.25, 0.3) is 0 Å². The van der Waals surface area contributed by atoms with Gasteiger partial charge >= 0.3 is 0 Å². The Morgan fingerprint density at radius 2 is 1.68 bits per heavy atom. The van der Waals surface area contributed by atoms with Crippen LogP contribution in [0.4, 0.5) is 13.2 Å². The van der Waals surface area contributed by atoms with E-state index < -0.39 is 11.6 Å². The standard InChI is InChI=1S/C15H14F3N/c1-19-15(11-4-2-3-5-12(11)16)9-10-6-7-13(17)14(18)8-10/h2-8,15,19H,9H2,1H3. The molecule has 0 aromatic heterocycles. The molecule has 0 radical (unpaired) electrons. The second-order valence-corrected chi connectivity index (χ2v) is 4.32. The number of benzene rings is 2. The van der Waals surface area contributed by atoms with E-state index in [1.165, 1.54) is 12.1 Å². The minimum absolute atomic E-state index is 0.286. The molecule has 0 heterocycles. The lowest BCUT2D eigenvalue weighted by molar-refractivity contribution is 0.502. The van der Waals surface area contributed by atoms with E-state index in [9.17, 15) is 13.2 Å². The molecule has 19 heavy (non-hydrogen) atoms. The molecule has 0 saturated heterocycles. The summed E-state index contributed by atoms with van der Waals surface area (Å²) in [5.74, 6) is -2.08. The molecule has 2 aromatic carbocycles. The SMILES string of the molecule is CNC(Cc1ccc(F)c(F)c1)c1ccccc1F. The van der Waals surface area contributed by atoms with Crippen molar-refractivity contribution in [2.75, 3.05) is 7.05 Å². The molecule has 0 aliphatic heterocycles. The van der Waals surface area contributed by atoms with Crippen LogP contribution in [-0.4, -0.2) is 7.05 Å². The molecule has 1 N–H and O–H groups in total. The number of hydrogen-bond donors (Lipinski definition) is 1. The maximum Gasteiger partial charge on any atom is 0.159 e. The van der Waals surface area contributed by atoms with Crippen LogP contribution in [-0.2, 0) is 6.42 Å². The van der Waals surface area contributed by atoms with Gasteiger partial charge in [-0.15, -0.1) is 0 Å². The molecule has 2 rings (SSSR count). The summed E-state index contributed by atoms with van der Waals surface area (Å²) in [6, 6.07) is 9.85. The molecule has 0 fully saturated rings. The van der Waals surface area contributed by atoms with Gasteiger partial charge in [0.2, 0.25) is 0 Å². The lowest BCUT2D eigenvalue weighted by Crippen LogP contribution is -2.20. The third kappa shape index (κ3) is 3.15. The largest absolute Gasteiger partial charge is 0.313 e. The molecule has 1 atom stereocenters. The Balaban J connectivity index is 2.24. The number of halogens is 3. The Kier molecular flexibility index (Phi) is 4.22. The predicted molar refractivity (Wildman–Crippen MR) is 68.3 cm³/mol. The van der Waals surface area contributed by atoms with Crippen LogP contribution in [0, 0.1) is 17.5 Å². The number of nitrogens with one attached hydrogen (secondary N) is 1.